The van der Waals surface area contributed by atoms with Crippen molar-refractivity contribution in [1.29, 1.82) is 0 Å². The van der Waals surface area contributed by atoms with E-state index in [4.69, 9.17) is 34.8 Å². The molecule has 0 heterocycles. The van der Waals surface area contributed by atoms with Crippen LogP contribution in [0, 0.1) is 0 Å². The number of benzene rings is 1. The Balaban J connectivity index is 2.29. The number of sulfonamides is 1. The van der Waals surface area contributed by atoms with Gasteiger partial charge in [-0.3, -0.25) is 0 Å². The molecule has 94 valence electrons. The SMILES string of the molecule is O=S(=O)(NC1(CCl)CC1)c1ccc(Cl)c(Cl)c1. The molecular formula is C10H10Cl3NO2S. The van der Waals surface area contributed by atoms with Crippen LogP contribution in [0.2, 0.25) is 10.0 Å². The molecule has 0 amide bonds. The van der Waals surface area contributed by atoms with E-state index in [-0.39, 0.29) is 15.8 Å². The lowest BCUT2D eigenvalue weighted by atomic mass is 10.4. The number of nitrogens with one attached hydrogen (secondary N) is 1. The molecule has 0 unspecified atom stereocenters. The summed E-state index contributed by atoms with van der Waals surface area (Å²) in [5.74, 6) is 0.271. The highest BCUT2D eigenvalue weighted by molar-refractivity contribution is 7.89. The molecule has 1 N–H and O–H groups in total. The van der Waals surface area contributed by atoms with Crippen LogP contribution in [-0.4, -0.2) is 19.8 Å². The summed E-state index contributed by atoms with van der Waals surface area (Å²) in [5, 5.41) is 0.536. The predicted molar refractivity (Wildman–Crippen MR) is 69.5 cm³/mol. The maximum atomic E-state index is 12.0. The Hall–Kier alpha value is -0.000000000000000111. The largest absolute Gasteiger partial charge is 0.241 e. The number of rotatable bonds is 4. The second kappa shape index (κ2) is 4.59. The van der Waals surface area contributed by atoms with Crippen molar-refractivity contribution in [3.05, 3.63) is 28.2 Å². The summed E-state index contributed by atoms with van der Waals surface area (Å²) in [7, 11) is -3.58. The Morgan fingerprint density at radius 1 is 1.24 bits per heavy atom. The average molecular weight is 315 g/mol. The predicted octanol–water partition coefficient (Wildman–Crippen LogP) is 3.04. The molecule has 0 atom stereocenters. The second-order valence-corrected chi connectivity index (χ2v) is 6.86. The minimum Gasteiger partial charge on any atom is -0.207 e. The van der Waals surface area contributed by atoms with Crippen LogP contribution in [0.3, 0.4) is 0 Å². The zero-order valence-corrected chi connectivity index (χ0v) is 11.8. The number of alkyl halides is 1. The van der Waals surface area contributed by atoms with Crippen molar-refractivity contribution < 1.29 is 8.42 Å². The fourth-order valence-corrected chi connectivity index (χ4v) is 3.66. The monoisotopic (exact) mass is 313 g/mol. The highest BCUT2D eigenvalue weighted by Crippen LogP contribution is 2.38. The molecule has 7 heteroatoms. The molecule has 1 aliphatic carbocycles. The van der Waals surface area contributed by atoms with Crippen LogP contribution in [-0.2, 0) is 10.0 Å². The van der Waals surface area contributed by atoms with Crippen molar-refractivity contribution in [1.82, 2.24) is 4.72 Å². The number of hydrogen-bond acceptors (Lipinski definition) is 2. The highest BCUT2D eigenvalue weighted by atomic mass is 35.5. The van der Waals surface area contributed by atoms with E-state index in [1.807, 2.05) is 0 Å². The molecule has 0 aliphatic heterocycles. The van der Waals surface area contributed by atoms with Crippen LogP contribution >= 0.6 is 34.8 Å². The Morgan fingerprint density at radius 2 is 1.88 bits per heavy atom. The van der Waals surface area contributed by atoms with Gasteiger partial charge in [0.15, 0.2) is 0 Å². The van der Waals surface area contributed by atoms with Gasteiger partial charge in [0, 0.05) is 11.4 Å². The lowest BCUT2D eigenvalue weighted by Gasteiger charge is -2.14. The highest BCUT2D eigenvalue weighted by Gasteiger charge is 2.45. The molecule has 0 radical (unpaired) electrons. The third-order valence-corrected chi connectivity index (χ3v) is 5.49. The van der Waals surface area contributed by atoms with Crippen molar-refractivity contribution >= 4 is 44.8 Å². The maximum Gasteiger partial charge on any atom is 0.241 e. The Kier molecular flexibility index (Phi) is 3.63. The minimum absolute atomic E-state index is 0.100. The van der Waals surface area contributed by atoms with Gasteiger partial charge in [0.1, 0.15) is 0 Å². The summed E-state index contributed by atoms with van der Waals surface area (Å²) in [5.41, 5.74) is -0.480. The molecule has 1 saturated carbocycles. The van der Waals surface area contributed by atoms with E-state index in [1.165, 1.54) is 18.2 Å². The summed E-state index contributed by atoms with van der Waals surface area (Å²) in [6, 6.07) is 4.20. The van der Waals surface area contributed by atoms with Crippen molar-refractivity contribution in [2.24, 2.45) is 0 Å². The van der Waals surface area contributed by atoms with Gasteiger partial charge in [-0.15, -0.1) is 11.6 Å². The Bertz CT molecular complexity index is 540. The smallest absolute Gasteiger partial charge is 0.207 e. The molecule has 17 heavy (non-hydrogen) atoms. The van der Waals surface area contributed by atoms with E-state index in [2.05, 4.69) is 4.72 Å². The van der Waals surface area contributed by atoms with Crippen LogP contribution in [0.15, 0.2) is 23.1 Å². The summed E-state index contributed by atoms with van der Waals surface area (Å²) in [6.45, 7) is 0. The molecule has 0 aromatic heterocycles. The first-order valence-electron chi connectivity index (χ1n) is 4.94. The molecule has 2 rings (SSSR count). The second-order valence-electron chi connectivity index (χ2n) is 4.10. The molecule has 1 aromatic carbocycles. The topological polar surface area (TPSA) is 46.2 Å². The van der Waals surface area contributed by atoms with E-state index in [9.17, 15) is 8.42 Å². The minimum atomic E-state index is -3.58. The number of hydrogen-bond donors (Lipinski definition) is 1. The normalized spacial score (nSPS) is 18.1. The Morgan fingerprint density at radius 3 is 2.35 bits per heavy atom. The lowest BCUT2D eigenvalue weighted by molar-refractivity contribution is 0.559. The van der Waals surface area contributed by atoms with Crippen molar-refractivity contribution in [3.8, 4) is 0 Å². The third kappa shape index (κ3) is 2.88. The van der Waals surface area contributed by atoms with Gasteiger partial charge >= 0.3 is 0 Å². The molecule has 1 fully saturated rings. The van der Waals surface area contributed by atoms with E-state index in [0.29, 0.717) is 5.02 Å². The van der Waals surface area contributed by atoms with Gasteiger partial charge in [0.05, 0.1) is 14.9 Å². The fourth-order valence-electron chi connectivity index (χ4n) is 1.40. The third-order valence-electron chi connectivity index (χ3n) is 2.66. The van der Waals surface area contributed by atoms with Gasteiger partial charge in [0.2, 0.25) is 10.0 Å². The van der Waals surface area contributed by atoms with E-state index in [1.54, 1.807) is 0 Å². The first kappa shape index (κ1) is 13.4. The van der Waals surface area contributed by atoms with Crippen LogP contribution in [0.5, 0.6) is 0 Å². The summed E-state index contributed by atoms with van der Waals surface area (Å²) < 4.78 is 26.7. The fraction of sp³-hybridized carbons (Fsp3) is 0.400. The lowest BCUT2D eigenvalue weighted by Crippen LogP contribution is -2.38. The molecule has 0 spiro atoms. The van der Waals surface area contributed by atoms with Crippen LogP contribution in [0.1, 0.15) is 12.8 Å². The first-order chi connectivity index (χ1) is 7.88. The first-order valence-corrected chi connectivity index (χ1v) is 7.71. The Labute approximate surface area is 115 Å². The van der Waals surface area contributed by atoms with Crippen molar-refractivity contribution in [2.75, 3.05) is 5.88 Å². The van der Waals surface area contributed by atoms with Gasteiger partial charge in [-0.25, -0.2) is 13.1 Å². The zero-order chi connectivity index (χ0) is 12.7. The quantitative estimate of drug-likeness (QED) is 0.868. The molecule has 0 bridgehead atoms. The van der Waals surface area contributed by atoms with Crippen LogP contribution in [0.4, 0.5) is 0 Å². The summed E-state index contributed by atoms with van der Waals surface area (Å²) >= 11 is 17.3. The van der Waals surface area contributed by atoms with Gasteiger partial charge in [0.25, 0.3) is 0 Å². The molecule has 1 aromatic rings. The number of halogens is 3. The molecule has 1 aliphatic rings. The van der Waals surface area contributed by atoms with Crippen LogP contribution in [0.25, 0.3) is 0 Å². The van der Waals surface area contributed by atoms with Gasteiger partial charge < -0.3 is 0 Å². The molecular weight excluding hydrogens is 305 g/mol. The van der Waals surface area contributed by atoms with Gasteiger partial charge in [-0.2, -0.15) is 0 Å². The molecule has 3 nitrogen and oxygen atoms in total. The molecule has 0 saturated heterocycles. The average Bonchev–Trinajstić information content (AvgIpc) is 3.02. The van der Waals surface area contributed by atoms with Gasteiger partial charge in [-0.1, -0.05) is 23.2 Å². The van der Waals surface area contributed by atoms with Crippen LogP contribution < -0.4 is 4.72 Å². The van der Waals surface area contributed by atoms with Gasteiger partial charge in [-0.05, 0) is 31.0 Å². The van der Waals surface area contributed by atoms with E-state index in [0.717, 1.165) is 12.8 Å². The summed E-state index contributed by atoms with van der Waals surface area (Å²) in [4.78, 5) is 0.100. The standard InChI is InChI=1S/C10H10Cl3NO2S/c11-6-10(3-4-10)14-17(15,16)7-1-2-8(12)9(13)5-7/h1-2,5,14H,3-4,6H2. The van der Waals surface area contributed by atoms with E-state index >= 15 is 0 Å². The van der Waals surface area contributed by atoms with E-state index < -0.39 is 15.6 Å². The maximum absolute atomic E-state index is 12.0. The zero-order valence-electron chi connectivity index (χ0n) is 8.71. The van der Waals surface area contributed by atoms with Crippen molar-refractivity contribution in [2.45, 2.75) is 23.3 Å². The summed E-state index contributed by atoms with van der Waals surface area (Å²) in [6.07, 6.45) is 1.52. The van der Waals surface area contributed by atoms with Crippen molar-refractivity contribution in [3.63, 3.8) is 0 Å².